The number of aryl methyl sites for hydroxylation is 1. The zero-order chi connectivity index (χ0) is 14.5. The fourth-order valence-corrected chi connectivity index (χ4v) is 2.04. The number of pyridine rings is 1. The molecule has 1 N–H and O–H groups in total. The number of benzene rings is 1. The summed E-state index contributed by atoms with van der Waals surface area (Å²) in [6.45, 7) is 1.93. The lowest BCUT2D eigenvalue weighted by Crippen LogP contribution is -2.15. The molecular formula is C16H17NO3. The van der Waals surface area contributed by atoms with Gasteiger partial charge in [0.05, 0.1) is 12.8 Å². The summed E-state index contributed by atoms with van der Waals surface area (Å²) in [5.41, 5.74) is 2.50. The Bertz CT molecular complexity index is 593. The van der Waals surface area contributed by atoms with Gasteiger partial charge < -0.3 is 9.84 Å². The summed E-state index contributed by atoms with van der Waals surface area (Å²) < 4.78 is 5.16. The number of nitrogens with zero attached hydrogens (tertiary/aromatic N) is 1. The first kappa shape index (κ1) is 14.1. The number of rotatable bonds is 5. The molecule has 1 atom stereocenters. The third-order valence-corrected chi connectivity index (χ3v) is 3.16. The van der Waals surface area contributed by atoms with Crippen molar-refractivity contribution in [1.29, 1.82) is 0 Å². The van der Waals surface area contributed by atoms with E-state index in [1.165, 1.54) is 0 Å². The van der Waals surface area contributed by atoms with Gasteiger partial charge in [-0.05, 0) is 42.7 Å². The highest BCUT2D eigenvalue weighted by Crippen LogP contribution is 2.22. The maximum absolute atomic E-state index is 11.5. The van der Waals surface area contributed by atoms with E-state index in [4.69, 9.17) is 4.74 Å². The van der Waals surface area contributed by atoms with Crippen LogP contribution in [0.4, 0.5) is 0 Å². The van der Waals surface area contributed by atoms with Crippen LogP contribution < -0.4 is 4.74 Å². The SMILES string of the molecule is COc1cccc(CC(C(=O)O)c2ccc(C)cn2)c1. The lowest BCUT2D eigenvalue weighted by atomic mass is 9.95. The van der Waals surface area contributed by atoms with Crippen LogP contribution in [0.15, 0.2) is 42.6 Å². The number of carboxylic acid groups (broad SMARTS) is 1. The molecule has 0 radical (unpaired) electrons. The predicted molar refractivity (Wildman–Crippen MR) is 76.0 cm³/mol. The predicted octanol–water partition coefficient (Wildman–Crippen LogP) is 2.81. The van der Waals surface area contributed by atoms with Gasteiger partial charge in [-0.1, -0.05) is 18.2 Å². The van der Waals surface area contributed by atoms with E-state index in [0.29, 0.717) is 12.1 Å². The Morgan fingerprint density at radius 1 is 1.35 bits per heavy atom. The second kappa shape index (κ2) is 6.19. The Morgan fingerprint density at radius 2 is 2.15 bits per heavy atom. The van der Waals surface area contributed by atoms with Gasteiger partial charge in [-0.25, -0.2) is 0 Å². The quantitative estimate of drug-likeness (QED) is 0.908. The van der Waals surface area contributed by atoms with Crippen LogP contribution in [-0.2, 0) is 11.2 Å². The van der Waals surface area contributed by atoms with Crippen LogP contribution in [-0.4, -0.2) is 23.2 Å². The van der Waals surface area contributed by atoms with Crippen molar-refractivity contribution in [2.45, 2.75) is 19.3 Å². The third kappa shape index (κ3) is 3.35. The van der Waals surface area contributed by atoms with E-state index in [1.807, 2.05) is 37.3 Å². The topological polar surface area (TPSA) is 59.4 Å². The minimum atomic E-state index is -0.871. The Balaban J connectivity index is 2.25. The molecular weight excluding hydrogens is 254 g/mol. The largest absolute Gasteiger partial charge is 0.497 e. The van der Waals surface area contributed by atoms with Crippen molar-refractivity contribution < 1.29 is 14.6 Å². The van der Waals surface area contributed by atoms with Crippen molar-refractivity contribution in [2.75, 3.05) is 7.11 Å². The normalized spacial score (nSPS) is 11.9. The minimum Gasteiger partial charge on any atom is -0.497 e. The standard InChI is InChI=1S/C16H17NO3/c1-11-6-7-15(17-10-11)14(16(18)19)9-12-4-3-5-13(8-12)20-2/h3-8,10,14H,9H2,1-2H3,(H,18,19). The van der Waals surface area contributed by atoms with Crippen LogP contribution >= 0.6 is 0 Å². The minimum absolute atomic E-state index is 0.391. The number of methoxy groups -OCH3 is 1. The first-order valence-corrected chi connectivity index (χ1v) is 6.38. The van der Waals surface area contributed by atoms with Crippen molar-refractivity contribution in [3.8, 4) is 5.75 Å². The molecule has 1 aromatic heterocycles. The van der Waals surface area contributed by atoms with Crippen molar-refractivity contribution >= 4 is 5.97 Å². The second-order valence-electron chi connectivity index (χ2n) is 4.71. The third-order valence-electron chi connectivity index (χ3n) is 3.16. The summed E-state index contributed by atoms with van der Waals surface area (Å²) in [5.74, 6) is -0.796. The van der Waals surface area contributed by atoms with E-state index in [1.54, 1.807) is 19.4 Å². The van der Waals surface area contributed by atoms with E-state index < -0.39 is 11.9 Å². The number of hydrogen-bond acceptors (Lipinski definition) is 3. The van der Waals surface area contributed by atoms with Gasteiger partial charge in [0.1, 0.15) is 11.7 Å². The van der Waals surface area contributed by atoms with Gasteiger partial charge in [-0.3, -0.25) is 9.78 Å². The van der Waals surface area contributed by atoms with Crippen LogP contribution in [0.2, 0.25) is 0 Å². The van der Waals surface area contributed by atoms with Crippen molar-refractivity contribution in [1.82, 2.24) is 4.98 Å². The fraction of sp³-hybridized carbons (Fsp3) is 0.250. The molecule has 0 saturated heterocycles. The Morgan fingerprint density at radius 3 is 2.75 bits per heavy atom. The van der Waals surface area contributed by atoms with Gasteiger partial charge >= 0.3 is 5.97 Å². The molecule has 0 aliphatic rings. The molecule has 0 aliphatic carbocycles. The molecule has 4 heteroatoms. The molecule has 1 aromatic carbocycles. The molecule has 0 aliphatic heterocycles. The van der Waals surface area contributed by atoms with Crippen molar-refractivity contribution in [3.63, 3.8) is 0 Å². The van der Waals surface area contributed by atoms with Crippen molar-refractivity contribution in [3.05, 3.63) is 59.4 Å². The maximum Gasteiger partial charge on any atom is 0.312 e. The van der Waals surface area contributed by atoms with Crippen molar-refractivity contribution in [2.24, 2.45) is 0 Å². The molecule has 4 nitrogen and oxygen atoms in total. The zero-order valence-electron chi connectivity index (χ0n) is 11.5. The van der Waals surface area contributed by atoms with Gasteiger partial charge in [-0.2, -0.15) is 0 Å². The van der Waals surface area contributed by atoms with E-state index in [2.05, 4.69) is 4.98 Å². The van der Waals surface area contributed by atoms with Crippen LogP contribution in [0, 0.1) is 6.92 Å². The molecule has 2 aromatic rings. The number of ether oxygens (including phenoxy) is 1. The van der Waals surface area contributed by atoms with E-state index in [0.717, 1.165) is 16.9 Å². The molecule has 0 amide bonds. The maximum atomic E-state index is 11.5. The molecule has 20 heavy (non-hydrogen) atoms. The van der Waals surface area contributed by atoms with Gasteiger partial charge in [0.25, 0.3) is 0 Å². The Kier molecular flexibility index (Phi) is 4.35. The summed E-state index contributed by atoms with van der Waals surface area (Å²) in [7, 11) is 1.59. The number of aromatic nitrogens is 1. The number of aliphatic carboxylic acids is 1. The highest BCUT2D eigenvalue weighted by molar-refractivity contribution is 5.75. The average molecular weight is 271 g/mol. The first-order valence-electron chi connectivity index (χ1n) is 6.38. The van der Waals surface area contributed by atoms with Crippen LogP contribution in [0.1, 0.15) is 22.7 Å². The lowest BCUT2D eigenvalue weighted by molar-refractivity contribution is -0.138. The molecule has 0 saturated carbocycles. The molecule has 104 valence electrons. The summed E-state index contributed by atoms with van der Waals surface area (Å²) in [6.07, 6.45) is 2.08. The molecule has 1 unspecified atom stereocenters. The fourth-order valence-electron chi connectivity index (χ4n) is 2.04. The monoisotopic (exact) mass is 271 g/mol. The van der Waals surface area contributed by atoms with Gasteiger partial charge in [0.2, 0.25) is 0 Å². The second-order valence-corrected chi connectivity index (χ2v) is 4.71. The molecule has 0 fully saturated rings. The smallest absolute Gasteiger partial charge is 0.312 e. The van der Waals surface area contributed by atoms with E-state index in [-0.39, 0.29) is 0 Å². The van der Waals surface area contributed by atoms with Gasteiger partial charge in [-0.15, -0.1) is 0 Å². The van der Waals surface area contributed by atoms with Gasteiger partial charge in [0.15, 0.2) is 0 Å². The summed E-state index contributed by atoms with van der Waals surface area (Å²) >= 11 is 0. The van der Waals surface area contributed by atoms with Crippen LogP contribution in [0.5, 0.6) is 5.75 Å². The molecule has 0 spiro atoms. The van der Waals surface area contributed by atoms with Crippen LogP contribution in [0.3, 0.4) is 0 Å². The highest BCUT2D eigenvalue weighted by Gasteiger charge is 2.21. The van der Waals surface area contributed by atoms with Gasteiger partial charge in [0, 0.05) is 6.20 Å². The summed E-state index contributed by atoms with van der Waals surface area (Å²) in [6, 6.07) is 11.1. The molecule has 1 heterocycles. The molecule has 0 bridgehead atoms. The number of hydrogen-bond donors (Lipinski definition) is 1. The average Bonchev–Trinajstić information content (AvgIpc) is 2.46. The van der Waals surface area contributed by atoms with E-state index in [9.17, 15) is 9.90 Å². The summed E-state index contributed by atoms with van der Waals surface area (Å²) in [4.78, 5) is 15.7. The molecule has 2 rings (SSSR count). The first-order chi connectivity index (χ1) is 9.60. The number of carboxylic acids is 1. The Hall–Kier alpha value is -2.36. The Labute approximate surface area is 118 Å². The zero-order valence-corrected chi connectivity index (χ0v) is 11.5. The summed E-state index contributed by atoms with van der Waals surface area (Å²) in [5, 5.41) is 9.41. The van der Waals surface area contributed by atoms with E-state index >= 15 is 0 Å². The lowest BCUT2D eigenvalue weighted by Gasteiger charge is -2.13. The number of carbonyl (C=O) groups is 1. The highest BCUT2D eigenvalue weighted by atomic mass is 16.5. The van der Waals surface area contributed by atoms with Crippen LogP contribution in [0.25, 0.3) is 0 Å².